The van der Waals surface area contributed by atoms with Crippen molar-refractivity contribution in [1.82, 2.24) is 10.2 Å². The topological polar surface area (TPSA) is 88.2 Å². The van der Waals surface area contributed by atoms with Crippen LogP contribution < -0.4 is 5.32 Å². The Morgan fingerprint density at radius 1 is 1.50 bits per heavy atom. The van der Waals surface area contributed by atoms with E-state index in [9.17, 15) is 9.90 Å². The highest BCUT2D eigenvalue weighted by Gasteiger charge is 2.10. The average Bonchev–Trinajstić information content (AvgIpc) is 2.73. The summed E-state index contributed by atoms with van der Waals surface area (Å²) in [7, 11) is 0. The van der Waals surface area contributed by atoms with Crippen molar-refractivity contribution in [3.05, 3.63) is 24.6 Å². The average molecular weight is 219 g/mol. The van der Waals surface area contributed by atoms with Crippen LogP contribution in [0.5, 0.6) is 5.75 Å². The summed E-state index contributed by atoms with van der Waals surface area (Å²) in [4.78, 5) is 10.9. The van der Waals surface area contributed by atoms with Crippen molar-refractivity contribution in [3.63, 3.8) is 0 Å². The van der Waals surface area contributed by atoms with Crippen molar-refractivity contribution in [1.29, 1.82) is 0 Å². The monoisotopic (exact) mass is 219 g/mol. The van der Waals surface area contributed by atoms with Gasteiger partial charge < -0.3 is 14.8 Å². The molecular formula is C10H9N3O3. The van der Waals surface area contributed by atoms with Crippen LogP contribution in [0.4, 0.5) is 5.69 Å². The third-order valence-electron chi connectivity index (χ3n) is 1.91. The van der Waals surface area contributed by atoms with Crippen molar-refractivity contribution in [2.45, 2.75) is 6.92 Å². The van der Waals surface area contributed by atoms with E-state index >= 15 is 0 Å². The van der Waals surface area contributed by atoms with Crippen LogP contribution in [0.2, 0.25) is 0 Å². The molecule has 0 saturated heterocycles. The largest absolute Gasteiger partial charge is 0.507 e. The van der Waals surface area contributed by atoms with E-state index < -0.39 is 0 Å². The number of phenols is 1. The van der Waals surface area contributed by atoms with Crippen molar-refractivity contribution < 1.29 is 14.3 Å². The lowest BCUT2D eigenvalue weighted by atomic mass is 10.1. The number of benzene rings is 1. The van der Waals surface area contributed by atoms with Crippen LogP contribution in [0.3, 0.4) is 0 Å². The number of amides is 1. The number of aromatic nitrogens is 2. The predicted octanol–water partition coefficient (Wildman–Crippen LogP) is 1.40. The van der Waals surface area contributed by atoms with Gasteiger partial charge in [0.05, 0.1) is 5.56 Å². The maximum absolute atomic E-state index is 10.9. The number of carbonyl (C=O) groups excluding carboxylic acids is 1. The maximum Gasteiger partial charge on any atom is 0.251 e. The highest BCUT2D eigenvalue weighted by atomic mass is 16.4. The summed E-state index contributed by atoms with van der Waals surface area (Å²) < 4.78 is 4.97. The van der Waals surface area contributed by atoms with Gasteiger partial charge in [0.25, 0.3) is 5.89 Å². The summed E-state index contributed by atoms with van der Waals surface area (Å²) in [6.07, 6.45) is 1.17. The molecule has 1 heterocycles. The molecule has 6 nitrogen and oxygen atoms in total. The van der Waals surface area contributed by atoms with Gasteiger partial charge in [-0.2, -0.15) is 0 Å². The second kappa shape index (κ2) is 4.01. The Labute approximate surface area is 90.9 Å². The van der Waals surface area contributed by atoms with E-state index in [-0.39, 0.29) is 17.5 Å². The molecule has 2 N–H and O–H groups in total. The zero-order valence-corrected chi connectivity index (χ0v) is 8.47. The van der Waals surface area contributed by atoms with Gasteiger partial charge in [0, 0.05) is 12.6 Å². The van der Waals surface area contributed by atoms with Crippen LogP contribution in [0.25, 0.3) is 11.5 Å². The Balaban J connectivity index is 2.41. The minimum atomic E-state index is -0.192. The molecule has 2 aromatic rings. The number of rotatable bonds is 2. The van der Waals surface area contributed by atoms with Crippen LogP contribution >= 0.6 is 0 Å². The Morgan fingerprint density at radius 2 is 2.31 bits per heavy atom. The van der Waals surface area contributed by atoms with E-state index in [1.54, 1.807) is 12.1 Å². The number of phenolic OH excluding ortho intramolecular Hbond substituents is 1. The lowest BCUT2D eigenvalue weighted by molar-refractivity contribution is -0.114. The summed E-state index contributed by atoms with van der Waals surface area (Å²) in [6, 6.07) is 4.59. The molecule has 2 rings (SSSR count). The molecule has 1 amide bonds. The Kier molecular flexibility index (Phi) is 2.55. The van der Waals surface area contributed by atoms with Crippen molar-refractivity contribution >= 4 is 11.6 Å². The number of hydrogen-bond acceptors (Lipinski definition) is 5. The minimum absolute atomic E-state index is 0.0124. The fourth-order valence-electron chi connectivity index (χ4n) is 1.28. The van der Waals surface area contributed by atoms with Gasteiger partial charge in [-0.15, -0.1) is 10.2 Å². The van der Waals surface area contributed by atoms with Crippen LogP contribution in [0.1, 0.15) is 6.92 Å². The molecule has 0 radical (unpaired) electrons. The third-order valence-corrected chi connectivity index (χ3v) is 1.91. The maximum atomic E-state index is 10.9. The highest BCUT2D eigenvalue weighted by Crippen LogP contribution is 2.30. The zero-order valence-electron chi connectivity index (χ0n) is 8.47. The first-order valence-electron chi connectivity index (χ1n) is 4.54. The molecule has 0 saturated carbocycles. The van der Waals surface area contributed by atoms with Crippen LogP contribution in [0.15, 0.2) is 29.0 Å². The molecule has 0 aliphatic carbocycles. The fourth-order valence-corrected chi connectivity index (χ4v) is 1.28. The van der Waals surface area contributed by atoms with Crippen molar-refractivity contribution in [2.75, 3.05) is 5.32 Å². The van der Waals surface area contributed by atoms with Crippen LogP contribution in [-0.4, -0.2) is 21.2 Å². The zero-order chi connectivity index (χ0) is 11.5. The van der Waals surface area contributed by atoms with E-state index in [1.165, 1.54) is 19.4 Å². The predicted molar refractivity (Wildman–Crippen MR) is 55.7 cm³/mol. The van der Waals surface area contributed by atoms with Gasteiger partial charge in [-0.1, -0.05) is 0 Å². The lowest BCUT2D eigenvalue weighted by Crippen LogP contribution is -2.05. The van der Waals surface area contributed by atoms with Crippen molar-refractivity contribution in [2.24, 2.45) is 0 Å². The van der Waals surface area contributed by atoms with Gasteiger partial charge in [0.1, 0.15) is 5.75 Å². The third kappa shape index (κ3) is 2.00. The molecule has 16 heavy (non-hydrogen) atoms. The standard InChI is InChI=1S/C10H9N3O3/c1-6(14)12-7-2-3-9(15)8(4-7)10-13-11-5-16-10/h2-5,15H,1H3,(H,12,14). The molecule has 0 bridgehead atoms. The Hall–Kier alpha value is -2.37. The quantitative estimate of drug-likeness (QED) is 0.745. The molecular weight excluding hydrogens is 210 g/mol. The number of aromatic hydroxyl groups is 1. The van der Waals surface area contributed by atoms with E-state index in [4.69, 9.17) is 4.42 Å². The Bertz CT molecular complexity index is 508. The van der Waals surface area contributed by atoms with Crippen LogP contribution in [0, 0.1) is 0 Å². The van der Waals surface area contributed by atoms with Gasteiger partial charge in [0.2, 0.25) is 12.3 Å². The lowest BCUT2D eigenvalue weighted by Gasteiger charge is -2.04. The van der Waals surface area contributed by atoms with E-state index in [0.717, 1.165) is 0 Å². The smallest absolute Gasteiger partial charge is 0.251 e. The van der Waals surface area contributed by atoms with Gasteiger partial charge in [-0.05, 0) is 18.2 Å². The summed E-state index contributed by atoms with van der Waals surface area (Å²) in [5.41, 5.74) is 0.933. The molecule has 0 fully saturated rings. The summed E-state index contributed by atoms with van der Waals surface area (Å²) in [5.74, 6) is 0.0187. The number of carbonyl (C=O) groups is 1. The molecule has 0 unspecified atom stereocenters. The molecule has 1 aromatic carbocycles. The first kappa shape index (κ1) is 10.2. The number of nitrogens with one attached hydrogen (secondary N) is 1. The summed E-state index contributed by atoms with van der Waals surface area (Å²) in [5, 5.41) is 19.4. The summed E-state index contributed by atoms with van der Waals surface area (Å²) in [6.45, 7) is 1.40. The SMILES string of the molecule is CC(=O)Nc1ccc(O)c(-c2nnco2)c1. The van der Waals surface area contributed by atoms with Gasteiger partial charge in [-0.3, -0.25) is 4.79 Å². The molecule has 0 aliphatic rings. The van der Waals surface area contributed by atoms with E-state index in [2.05, 4.69) is 15.5 Å². The van der Waals surface area contributed by atoms with Crippen molar-refractivity contribution in [3.8, 4) is 17.2 Å². The molecule has 1 aromatic heterocycles. The molecule has 6 heteroatoms. The van der Waals surface area contributed by atoms with Gasteiger partial charge >= 0.3 is 0 Å². The second-order valence-corrected chi connectivity index (χ2v) is 3.16. The Morgan fingerprint density at radius 3 is 2.94 bits per heavy atom. The first-order chi connectivity index (χ1) is 7.66. The molecule has 0 spiro atoms. The number of anilines is 1. The number of hydrogen-bond donors (Lipinski definition) is 2. The highest BCUT2D eigenvalue weighted by molar-refractivity contribution is 5.89. The van der Waals surface area contributed by atoms with Gasteiger partial charge in [0.15, 0.2) is 0 Å². The minimum Gasteiger partial charge on any atom is -0.507 e. The number of nitrogens with zero attached hydrogens (tertiary/aromatic N) is 2. The fraction of sp³-hybridized carbons (Fsp3) is 0.100. The van der Waals surface area contributed by atoms with E-state index in [1.807, 2.05) is 0 Å². The van der Waals surface area contributed by atoms with E-state index in [0.29, 0.717) is 11.3 Å². The van der Waals surface area contributed by atoms with Crippen LogP contribution in [-0.2, 0) is 4.79 Å². The molecule has 0 atom stereocenters. The molecule has 82 valence electrons. The second-order valence-electron chi connectivity index (χ2n) is 3.16. The molecule has 0 aliphatic heterocycles. The summed E-state index contributed by atoms with van der Waals surface area (Å²) >= 11 is 0. The first-order valence-corrected chi connectivity index (χ1v) is 4.54. The normalized spacial score (nSPS) is 10.1. The van der Waals surface area contributed by atoms with Gasteiger partial charge in [-0.25, -0.2) is 0 Å².